The number of aromatic hydroxyl groups is 1. The highest BCUT2D eigenvalue weighted by atomic mass is 19.4. The average Bonchev–Trinajstić information content (AvgIpc) is 2.97. The van der Waals surface area contributed by atoms with E-state index in [2.05, 4.69) is 5.32 Å². The molecular formula is C31H31F3N2O6. The zero-order chi connectivity index (χ0) is 30.3. The van der Waals surface area contributed by atoms with Crippen LogP contribution in [-0.2, 0) is 14.3 Å². The van der Waals surface area contributed by atoms with Gasteiger partial charge in [-0.15, -0.1) is 0 Å². The maximum absolute atomic E-state index is 13.5. The van der Waals surface area contributed by atoms with Crippen LogP contribution in [0.3, 0.4) is 0 Å². The molecule has 222 valence electrons. The molecule has 0 aromatic heterocycles. The fourth-order valence-electron chi connectivity index (χ4n) is 5.49. The predicted molar refractivity (Wildman–Crippen MR) is 145 cm³/mol. The van der Waals surface area contributed by atoms with E-state index < -0.39 is 18.2 Å². The Morgan fingerprint density at radius 3 is 2.12 bits per heavy atom. The SMILES string of the molecule is O=C(C[N+]12CCC(CC1)[C@@H](OC(=O)C(Nc1ccccc1)c1ccccc1)C2)c1cccc(O)c1.O=C([O-])C(F)(F)F. The normalized spacial score (nSPS) is 21.8. The molecule has 0 spiro atoms. The lowest BCUT2D eigenvalue weighted by Crippen LogP contribution is -2.65. The molecule has 0 aliphatic carbocycles. The van der Waals surface area contributed by atoms with Gasteiger partial charge in [-0.3, -0.25) is 4.79 Å². The second-order valence-corrected chi connectivity index (χ2v) is 10.6. The summed E-state index contributed by atoms with van der Waals surface area (Å²) in [6.45, 7) is 2.82. The lowest BCUT2D eigenvalue weighted by molar-refractivity contribution is -0.938. The molecular weight excluding hydrogens is 553 g/mol. The number of halogens is 3. The highest BCUT2D eigenvalue weighted by molar-refractivity contribution is 5.97. The number of hydrogen-bond donors (Lipinski definition) is 2. The number of nitrogens with one attached hydrogen (secondary N) is 1. The van der Waals surface area contributed by atoms with Crippen molar-refractivity contribution in [3.05, 3.63) is 96.1 Å². The number of rotatable bonds is 8. The molecule has 3 aliphatic rings. The molecule has 2 bridgehead atoms. The topological polar surface area (TPSA) is 116 Å². The Kier molecular flexibility index (Phi) is 9.52. The van der Waals surface area contributed by atoms with E-state index in [1.807, 2.05) is 60.7 Å². The number of carboxylic acids is 1. The number of para-hydroxylation sites is 1. The first kappa shape index (κ1) is 30.6. The molecule has 6 rings (SSSR count). The number of esters is 1. The molecule has 8 nitrogen and oxygen atoms in total. The van der Waals surface area contributed by atoms with Crippen molar-refractivity contribution in [2.24, 2.45) is 5.92 Å². The summed E-state index contributed by atoms with van der Waals surface area (Å²) in [6, 6.07) is 25.2. The molecule has 3 fully saturated rings. The van der Waals surface area contributed by atoms with E-state index in [0.717, 1.165) is 37.2 Å². The van der Waals surface area contributed by atoms with Gasteiger partial charge in [0.05, 0.1) is 13.1 Å². The van der Waals surface area contributed by atoms with Crippen molar-refractivity contribution >= 4 is 23.4 Å². The molecule has 3 aromatic rings. The molecule has 11 heteroatoms. The van der Waals surface area contributed by atoms with E-state index in [1.165, 1.54) is 6.07 Å². The second-order valence-electron chi connectivity index (χ2n) is 10.6. The lowest BCUT2D eigenvalue weighted by Gasteiger charge is -2.51. The minimum absolute atomic E-state index is 0.0132. The Morgan fingerprint density at radius 2 is 1.55 bits per heavy atom. The number of anilines is 1. The van der Waals surface area contributed by atoms with Gasteiger partial charge in [0.15, 0.2) is 12.1 Å². The summed E-state index contributed by atoms with van der Waals surface area (Å²) in [5.41, 5.74) is 2.23. The van der Waals surface area contributed by atoms with Crippen LogP contribution in [0, 0.1) is 5.92 Å². The van der Waals surface area contributed by atoms with Crippen molar-refractivity contribution in [2.75, 3.05) is 31.5 Å². The summed E-state index contributed by atoms with van der Waals surface area (Å²) in [6.07, 6.45) is -3.54. The van der Waals surface area contributed by atoms with E-state index in [9.17, 15) is 27.9 Å². The number of aliphatic carboxylic acids is 1. The number of benzene rings is 3. The number of ketones is 1. The van der Waals surface area contributed by atoms with Gasteiger partial charge in [0, 0.05) is 30.0 Å². The highest BCUT2D eigenvalue weighted by Crippen LogP contribution is 2.37. The number of phenols is 1. The number of carboxylic acid groups (broad SMARTS) is 1. The van der Waals surface area contributed by atoms with Crippen molar-refractivity contribution in [3.8, 4) is 5.75 Å². The Bertz CT molecular complexity index is 1380. The van der Waals surface area contributed by atoms with Gasteiger partial charge in [-0.25, -0.2) is 4.79 Å². The van der Waals surface area contributed by atoms with E-state index >= 15 is 0 Å². The Morgan fingerprint density at radius 1 is 0.952 bits per heavy atom. The highest BCUT2D eigenvalue weighted by Gasteiger charge is 2.49. The molecule has 0 amide bonds. The molecule has 2 atom stereocenters. The zero-order valence-corrected chi connectivity index (χ0v) is 22.6. The molecule has 2 N–H and O–H groups in total. The summed E-state index contributed by atoms with van der Waals surface area (Å²) in [5, 5.41) is 21.9. The summed E-state index contributed by atoms with van der Waals surface area (Å²) < 4.78 is 38.4. The monoisotopic (exact) mass is 584 g/mol. The number of phenolic OH excluding ortho intramolecular Hbond substituents is 1. The van der Waals surface area contributed by atoms with Gasteiger partial charge in [-0.2, -0.15) is 13.2 Å². The number of carbonyl (C=O) groups excluding carboxylic acids is 3. The molecule has 3 aliphatic heterocycles. The third-order valence-electron chi connectivity index (χ3n) is 7.64. The quantitative estimate of drug-likeness (QED) is 0.235. The Hall–Kier alpha value is -4.38. The van der Waals surface area contributed by atoms with Crippen LogP contribution in [0.5, 0.6) is 5.75 Å². The van der Waals surface area contributed by atoms with Crippen molar-refractivity contribution in [1.29, 1.82) is 0 Å². The van der Waals surface area contributed by atoms with Crippen molar-refractivity contribution in [3.63, 3.8) is 0 Å². The third-order valence-corrected chi connectivity index (χ3v) is 7.64. The first-order chi connectivity index (χ1) is 20.0. The summed E-state index contributed by atoms with van der Waals surface area (Å²) in [7, 11) is 0. The number of piperidine rings is 3. The summed E-state index contributed by atoms with van der Waals surface area (Å²) in [4.78, 5) is 35.3. The van der Waals surface area contributed by atoms with E-state index in [0.29, 0.717) is 29.1 Å². The molecule has 3 heterocycles. The van der Waals surface area contributed by atoms with E-state index in [-0.39, 0.29) is 23.6 Å². The van der Waals surface area contributed by atoms with E-state index in [4.69, 9.17) is 14.6 Å². The number of Topliss-reactive ketones (excluding diaryl/α,β-unsaturated/α-hetero) is 1. The maximum Gasteiger partial charge on any atom is 0.430 e. The molecule has 3 aromatic carbocycles. The van der Waals surface area contributed by atoms with Gasteiger partial charge >= 0.3 is 12.1 Å². The molecule has 0 saturated carbocycles. The van der Waals surface area contributed by atoms with Gasteiger partial charge in [-0.1, -0.05) is 60.7 Å². The number of carbonyl (C=O) groups is 3. The van der Waals surface area contributed by atoms with Crippen LogP contribution in [0.2, 0.25) is 0 Å². The van der Waals surface area contributed by atoms with Crippen molar-refractivity contribution in [2.45, 2.75) is 31.2 Å². The first-order valence-electron chi connectivity index (χ1n) is 13.5. The standard InChI is InChI=1S/C29H30N2O4.C2HF3O2/c32-25-13-7-10-23(18-25)26(33)19-31-16-14-21(15-17-31)27(20-31)35-29(34)28(22-8-3-1-4-9-22)30-24-11-5-2-6-12-24;3-2(4,5)1(6)7/h1-13,18,21,27-28,30H,14-17,19-20H2;(H,6,7)/t21?,27-,28?,31?;/m0./s1. The van der Waals surface area contributed by atoms with Gasteiger partial charge in [0.1, 0.15) is 24.8 Å². The number of nitrogens with zero attached hydrogens (tertiary/aromatic N) is 1. The molecule has 0 radical (unpaired) electrons. The average molecular weight is 585 g/mol. The fraction of sp³-hybridized carbons (Fsp3) is 0.323. The lowest BCUT2D eigenvalue weighted by atomic mass is 9.82. The van der Waals surface area contributed by atoms with Crippen LogP contribution >= 0.6 is 0 Å². The fourth-order valence-corrected chi connectivity index (χ4v) is 5.49. The van der Waals surface area contributed by atoms with Gasteiger partial charge in [-0.05, 0) is 29.8 Å². The van der Waals surface area contributed by atoms with Crippen LogP contribution in [0.1, 0.15) is 34.8 Å². The van der Waals surface area contributed by atoms with E-state index in [1.54, 1.807) is 18.2 Å². The minimum Gasteiger partial charge on any atom is -0.542 e. The van der Waals surface area contributed by atoms with Crippen LogP contribution in [0.25, 0.3) is 0 Å². The molecule has 42 heavy (non-hydrogen) atoms. The Labute approximate surface area is 240 Å². The third kappa shape index (κ3) is 7.88. The number of quaternary nitrogens is 1. The van der Waals surface area contributed by atoms with Crippen molar-refractivity contribution in [1.82, 2.24) is 0 Å². The zero-order valence-electron chi connectivity index (χ0n) is 22.6. The maximum atomic E-state index is 13.5. The van der Waals surface area contributed by atoms with Gasteiger partial charge in [0.25, 0.3) is 0 Å². The number of alkyl halides is 3. The predicted octanol–water partition coefficient (Wildman–Crippen LogP) is 3.88. The molecule has 1 unspecified atom stereocenters. The summed E-state index contributed by atoms with van der Waals surface area (Å²) >= 11 is 0. The summed E-state index contributed by atoms with van der Waals surface area (Å²) in [5.74, 6) is -2.87. The number of ether oxygens (including phenoxy) is 1. The second kappa shape index (κ2) is 13.1. The van der Waals surface area contributed by atoms with Gasteiger partial charge < -0.3 is 29.5 Å². The number of fused-ring (bicyclic) bond motifs is 3. The first-order valence-corrected chi connectivity index (χ1v) is 13.5. The smallest absolute Gasteiger partial charge is 0.430 e. The van der Waals surface area contributed by atoms with Crippen molar-refractivity contribution < 1.29 is 47.0 Å². The molecule has 3 saturated heterocycles. The largest absolute Gasteiger partial charge is 0.542 e. The minimum atomic E-state index is -5.19. The number of hydrogen-bond acceptors (Lipinski definition) is 7. The van der Waals surface area contributed by atoms with Gasteiger partial charge in [0.2, 0.25) is 5.78 Å². The Balaban J connectivity index is 0.000000517. The van der Waals surface area contributed by atoms with Crippen LogP contribution < -0.4 is 10.4 Å². The van der Waals surface area contributed by atoms with Crippen LogP contribution in [0.15, 0.2) is 84.9 Å². The van der Waals surface area contributed by atoms with Crippen LogP contribution in [0.4, 0.5) is 18.9 Å². The van der Waals surface area contributed by atoms with Crippen LogP contribution in [-0.4, -0.2) is 65.8 Å².